The van der Waals surface area contributed by atoms with E-state index in [2.05, 4.69) is 214 Å². The highest BCUT2D eigenvalue weighted by molar-refractivity contribution is 5.97. The fourth-order valence-corrected chi connectivity index (χ4v) is 14.3. The first-order valence-corrected chi connectivity index (χ1v) is 24.3. The normalized spacial score (nSPS) is 22.2. The summed E-state index contributed by atoms with van der Waals surface area (Å²) < 4.78 is 0. The maximum absolute atomic E-state index is 2.71. The van der Waals surface area contributed by atoms with Crippen LogP contribution in [0.5, 0.6) is 0 Å². The molecule has 1 atom stereocenters. The molecule has 0 amide bonds. The fourth-order valence-electron chi connectivity index (χ4n) is 14.3. The molecule has 2 heterocycles. The summed E-state index contributed by atoms with van der Waals surface area (Å²) in [5.74, 6) is 0.0837. The molecule has 330 valence electrons. The molecule has 2 aliphatic heterocycles. The van der Waals surface area contributed by atoms with E-state index in [4.69, 9.17) is 0 Å². The Balaban J connectivity index is 1.35. The maximum Gasteiger partial charge on any atom is 0.0527 e. The Morgan fingerprint density at radius 1 is 0.397 bits per heavy atom. The minimum atomic E-state index is -0.0141. The number of aryl methyl sites for hydroxylation is 1. The first-order chi connectivity index (χ1) is 28.8. The first-order valence-electron chi connectivity index (χ1n) is 24.3. The van der Waals surface area contributed by atoms with E-state index in [1.807, 2.05) is 0 Å². The number of hydrogen-bond donors (Lipinski definition) is 0. The zero-order valence-electron chi connectivity index (χ0n) is 42.5. The van der Waals surface area contributed by atoms with E-state index in [1.165, 1.54) is 101 Å². The lowest BCUT2D eigenvalue weighted by Crippen LogP contribution is -2.31. The van der Waals surface area contributed by atoms with Gasteiger partial charge in [0, 0.05) is 22.9 Å². The van der Waals surface area contributed by atoms with Crippen LogP contribution in [0, 0.1) is 6.92 Å². The molecular weight excluding hydrogens is 761 g/mol. The predicted octanol–water partition coefficient (Wildman–Crippen LogP) is 17.2. The van der Waals surface area contributed by atoms with Crippen molar-refractivity contribution >= 4 is 34.1 Å². The van der Waals surface area contributed by atoms with Gasteiger partial charge in [0.15, 0.2) is 0 Å². The van der Waals surface area contributed by atoms with Crippen LogP contribution in [0.2, 0.25) is 0 Å². The van der Waals surface area contributed by atoms with Gasteiger partial charge in [0.05, 0.1) is 22.7 Å². The van der Waals surface area contributed by atoms with E-state index in [0.717, 1.165) is 19.3 Å². The predicted molar refractivity (Wildman–Crippen MR) is 271 cm³/mol. The lowest BCUT2D eigenvalue weighted by molar-refractivity contribution is 0.402. The summed E-state index contributed by atoms with van der Waals surface area (Å²) in [7, 11) is 0. The van der Waals surface area contributed by atoms with E-state index in [0.29, 0.717) is 0 Å². The molecule has 0 aromatic heterocycles. The monoisotopic (exact) mass is 837 g/mol. The van der Waals surface area contributed by atoms with Crippen LogP contribution in [0.25, 0.3) is 0 Å². The van der Waals surface area contributed by atoms with Crippen LogP contribution in [-0.2, 0) is 43.3 Å². The van der Waals surface area contributed by atoms with Gasteiger partial charge in [-0.05, 0) is 179 Å². The largest absolute Gasteiger partial charge is 0.310 e. The molecule has 0 saturated carbocycles. The zero-order chi connectivity index (χ0) is 45.7. The smallest absolute Gasteiger partial charge is 0.0527 e. The SMILES string of the molecule is Cc1cc2c3c(c1)N(c1ccc4c(c1)C(C)(C)CC4(C)C)c1cc4c(cc1C3c1cc3c(cc1N2c1cc(C(C)(C)C)cc(C(C)(C)C)c1)C(C)(C)CC3(C)C)C(C)(C)CC4(C)C. The standard InChI is InChI=1S/C61H76N2/c1-35-22-50-53-51(23-35)63(39-25-36(54(2,3)4)24-37(26-39)55(5,6)7)49-31-47-45(59(14,15)34-61(47,18)19)29-41(49)52(53)40-28-44-46(60(16,17)33-58(44,12)13)30-48(40)62(50)38-20-21-42-43(27-38)57(10,11)32-56(42,8)9/h20-31,52H,32-34H2,1-19H3. The molecule has 63 heavy (non-hydrogen) atoms. The van der Waals surface area contributed by atoms with Gasteiger partial charge in [0.1, 0.15) is 0 Å². The molecule has 5 aromatic carbocycles. The van der Waals surface area contributed by atoms with Crippen molar-refractivity contribution in [1.29, 1.82) is 0 Å². The topological polar surface area (TPSA) is 6.48 Å². The average Bonchev–Trinajstić information content (AvgIpc) is 3.54. The van der Waals surface area contributed by atoms with Crippen molar-refractivity contribution in [1.82, 2.24) is 0 Å². The number of rotatable bonds is 2. The van der Waals surface area contributed by atoms with Gasteiger partial charge in [0.25, 0.3) is 0 Å². The van der Waals surface area contributed by atoms with Gasteiger partial charge < -0.3 is 9.80 Å². The molecule has 5 aromatic rings. The van der Waals surface area contributed by atoms with Crippen molar-refractivity contribution in [2.45, 2.75) is 200 Å². The van der Waals surface area contributed by atoms with Crippen molar-refractivity contribution in [3.8, 4) is 0 Å². The third-order valence-electron chi connectivity index (χ3n) is 16.7. The van der Waals surface area contributed by atoms with Crippen LogP contribution in [0.3, 0.4) is 0 Å². The van der Waals surface area contributed by atoms with Gasteiger partial charge in [0.2, 0.25) is 0 Å². The molecule has 0 N–H and O–H groups in total. The highest BCUT2D eigenvalue weighted by atomic mass is 15.2. The Kier molecular flexibility index (Phi) is 8.48. The van der Waals surface area contributed by atoms with E-state index in [9.17, 15) is 0 Å². The van der Waals surface area contributed by atoms with Crippen LogP contribution < -0.4 is 9.80 Å². The second-order valence-corrected chi connectivity index (χ2v) is 27.1. The van der Waals surface area contributed by atoms with Gasteiger partial charge in [-0.15, -0.1) is 0 Å². The van der Waals surface area contributed by atoms with Gasteiger partial charge in [-0.3, -0.25) is 0 Å². The third kappa shape index (κ3) is 6.14. The van der Waals surface area contributed by atoms with E-state index >= 15 is 0 Å². The Bertz CT molecular complexity index is 2770. The van der Waals surface area contributed by atoms with Gasteiger partial charge in [-0.25, -0.2) is 0 Å². The summed E-state index contributed by atoms with van der Waals surface area (Å²) in [4.78, 5) is 5.42. The molecule has 0 radical (unpaired) electrons. The Morgan fingerprint density at radius 2 is 0.762 bits per heavy atom. The number of benzene rings is 5. The van der Waals surface area contributed by atoms with Gasteiger partial charge in [-0.1, -0.05) is 149 Å². The molecule has 2 heteroatoms. The molecule has 0 fully saturated rings. The van der Waals surface area contributed by atoms with E-state index in [1.54, 1.807) is 0 Å². The van der Waals surface area contributed by atoms with Crippen LogP contribution in [0.15, 0.2) is 72.8 Å². The quantitative estimate of drug-likeness (QED) is 0.171. The maximum atomic E-state index is 2.71. The van der Waals surface area contributed by atoms with E-state index < -0.39 is 0 Å². The van der Waals surface area contributed by atoms with Crippen LogP contribution in [0.1, 0.15) is 217 Å². The number of hydrogen-bond acceptors (Lipinski definition) is 2. The highest BCUT2D eigenvalue weighted by Crippen LogP contribution is 2.65. The molecular formula is C61H76N2. The Hall–Kier alpha value is -4.30. The summed E-state index contributed by atoms with van der Waals surface area (Å²) in [5, 5.41) is 0. The van der Waals surface area contributed by atoms with Gasteiger partial charge >= 0.3 is 0 Å². The average molecular weight is 837 g/mol. The summed E-state index contributed by atoms with van der Waals surface area (Å²) in [6.45, 7) is 46.3. The third-order valence-corrected chi connectivity index (χ3v) is 16.7. The number of anilines is 6. The summed E-state index contributed by atoms with van der Waals surface area (Å²) in [6.07, 6.45) is 3.44. The van der Waals surface area contributed by atoms with Crippen LogP contribution in [-0.4, -0.2) is 0 Å². The molecule has 0 bridgehead atoms. The highest BCUT2D eigenvalue weighted by Gasteiger charge is 2.50. The second kappa shape index (κ2) is 12.5. The molecule has 1 unspecified atom stereocenters. The second-order valence-electron chi connectivity index (χ2n) is 27.1. The van der Waals surface area contributed by atoms with Gasteiger partial charge in [-0.2, -0.15) is 0 Å². The molecule has 0 saturated heterocycles. The minimum absolute atomic E-state index is 0.0141. The Labute approximate surface area is 381 Å². The van der Waals surface area contributed by atoms with Crippen LogP contribution >= 0.6 is 0 Å². The summed E-state index contributed by atoms with van der Waals surface area (Å²) in [5.41, 5.74) is 25.8. The van der Waals surface area contributed by atoms with Crippen LogP contribution in [0.4, 0.5) is 34.1 Å². The fraction of sp³-hybridized carbons (Fsp3) is 0.508. The lowest BCUT2D eigenvalue weighted by Gasteiger charge is -2.46. The molecule has 3 aliphatic carbocycles. The summed E-state index contributed by atoms with van der Waals surface area (Å²) in [6, 6.07) is 30.8. The number of fused-ring (bicyclic) bond motifs is 7. The zero-order valence-corrected chi connectivity index (χ0v) is 42.5. The molecule has 2 nitrogen and oxygen atoms in total. The van der Waals surface area contributed by atoms with Crippen molar-refractivity contribution in [2.75, 3.05) is 9.80 Å². The minimum Gasteiger partial charge on any atom is -0.310 e. The molecule has 0 spiro atoms. The number of nitrogens with zero attached hydrogens (tertiary/aromatic N) is 2. The first kappa shape index (κ1) is 42.6. The van der Waals surface area contributed by atoms with Crippen molar-refractivity contribution in [2.24, 2.45) is 0 Å². The molecule has 10 rings (SSSR count). The summed E-state index contributed by atoms with van der Waals surface area (Å²) >= 11 is 0. The Morgan fingerprint density at radius 3 is 1.17 bits per heavy atom. The molecule has 5 aliphatic rings. The van der Waals surface area contributed by atoms with Crippen molar-refractivity contribution in [3.63, 3.8) is 0 Å². The van der Waals surface area contributed by atoms with Crippen molar-refractivity contribution in [3.05, 3.63) is 140 Å². The van der Waals surface area contributed by atoms with Crippen molar-refractivity contribution < 1.29 is 0 Å². The lowest BCUT2D eigenvalue weighted by atomic mass is 9.72. The van der Waals surface area contributed by atoms with E-state index in [-0.39, 0.29) is 49.2 Å².